The van der Waals surface area contributed by atoms with Gasteiger partial charge in [-0.3, -0.25) is 14.7 Å². The van der Waals surface area contributed by atoms with E-state index in [0.29, 0.717) is 29.9 Å². The van der Waals surface area contributed by atoms with Gasteiger partial charge in [-0.25, -0.2) is 0 Å². The molecule has 6 heteroatoms. The molecule has 2 fully saturated rings. The van der Waals surface area contributed by atoms with Crippen molar-refractivity contribution < 1.29 is 14.3 Å². The molecule has 4 rings (SSSR count). The number of amides is 1. The van der Waals surface area contributed by atoms with Crippen LogP contribution in [-0.4, -0.2) is 54.5 Å². The van der Waals surface area contributed by atoms with Crippen molar-refractivity contribution in [3.05, 3.63) is 53.3 Å². The molecule has 6 nitrogen and oxygen atoms in total. The number of benzene rings is 1. The Kier molecular flexibility index (Phi) is 5.46. The summed E-state index contributed by atoms with van der Waals surface area (Å²) in [6, 6.07) is 10.4. The van der Waals surface area contributed by atoms with Gasteiger partial charge in [-0.2, -0.15) is 0 Å². The second-order valence-corrected chi connectivity index (χ2v) is 8.08. The van der Waals surface area contributed by atoms with Gasteiger partial charge in [-0.05, 0) is 24.0 Å². The van der Waals surface area contributed by atoms with Gasteiger partial charge in [0.15, 0.2) is 11.5 Å². The largest absolute Gasteiger partial charge is 0.493 e. The van der Waals surface area contributed by atoms with Crippen LogP contribution < -0.4 is 9.47 Å². The summed E-state index contributed by atoms with van der Waals surface area (Å²) in [4.78, 5) is 21.4. The van der Waals surface area contributed by atoms with Crippen molar-refractivity contribution in [3.63, 3.8) is 0 Å². The summed E-state index contributed by atoms with van der Waals surface area (Å²) in [6.07, 6.45) is 1.77. The van der Waals surface area contributed by atoms with Crippen LogP contribution in [0.3, 0.4) is 0 Å². The third kappa shape index (κ3) is 3.57. The van der Waals surface area contributed by atoms with E-state index in [2.05, 4.69) is 46.0 Å². The van der Waals surface area contributed by atoms with Gasteiger partial charge in [0.05, 0.1) is 20.3 Å². The molecule has 0 bridgehead atoms. The lowest BCUT2D eigenvalue weighted by atomic mass is 9.87. The Hall–Kier alpha value is -2.60. The summed E-state index contributed by atoms with van der Waals surface area (Å²) in [5.41, 5.74) is 3.41. The van der Waals surface area contributed by atoms with E-state index in [4.69, 9.17) is 9.47 Å². The molecule has 1 amide bonds. The summed E-state index contributed by atoms with van der Waals surface area (Å²) >= 11 is 0. The smallest absolute Gasteiger partial charge is 0.219 e. The molecule has 0 saturated carbocycles. The van der Waals surface area contributed by atoms with Gasteiger partial charge in [0, 0.05) is 51.3 Å². The fourth-order valence-corrected chi connectivity index (χ4v) is 5.08. The molecule has 3 atom stereocenters. The molecule has 0 aliphatic carbocycles. The lowest BCUT2D eigenvalue weighted by Gasteiger charge is -2.30. The fourth-order valence-electron chi connectivity index (χ4n) is 5.08. The maximum absolute atomic E-state index is 12.4. The zero-order valence-corrected chi connectivity index (χ0v) is 17.6. The maximum Gasteiger partial charge on any atom is 0.219 e. The monoisotopic (exact) mass is 395 g/mol. The second kappa shape index (κ2) is 8.03. The van der Waals surface area contributed by atoms with Crippen molar-refractivity contribution in [3.8, 4) is 11.5 Å². The number of hydrogen-bond donors (Lipinski definition) is 0. The molecular formula is C23H29N3O3. The SMILES string of the molecule is COc1ccnc(CN2C[C@@H]3CN(C(C)=O)[C@H](c4ccccc4C)[C@@H]3C2)c1OC. The van der Waals surface area contributed by atoms with E-state index in [9.17, 15) is 4.79 Å². The van der Waals surface area contributed by atoms with Crippen molar-refractivity contribution in [2.45, 2.75) is 26.4 Å². The third-order valence-electron chi connectivity index (χ3n) is 6.39. The Bertz CT molecular complexity index is 901. The Balaban J connectivity index is 1.57. The number of rotatable bonds is 5. The number of carbonyl (C=O) groups excluding carboxylic acids is 1. The van der Waals surface area contributed by atoms with Crippen LogP contribution in [0, 0.1) is 18.8 Å². The van der Waals surface area contributed by atoms with E-state index < -0.39 is 0 Å². The number of nitrogens with zero attached hydrogens (tertiary/aromatic N) is 3. The topological polar surface area (TPSA) is 54.9 Å². The highest BCUT2D eigenvalue weighted by Gasteiger charge is 2.48. The average molecular weight is 396 g/mol. The lowest BCUT2D eigenvalue weighted by Crippen LogP contribution is -2.34. The van der Waals surface area contributed by atoms with Gasteiger partial charge >= 0.3 is 0 Å². The van der Waals surface area contributed by atoms with Crippen LogP contribution in [-0.2, 0) is 11.3 Å². The molecule has 2 saturated heterocycles. The predicted octanol–water partition coefficient (Wildman–Crippen LogP) is 3.06. The summed E-state index contributed by atoms with van der Waals surface area (Å²) in [5, 5.41) is 0. The third-order valence-corrected chi connectivity index (χ3v) is 6.39. The molecule has 2 aromatic rings. The molecule has 2 aliphatic rings. The molecule has 0 radical (unpaired) electrons. The van der Waals surface area contributed by atoms with Gasteiger partial charge in [0.1, 0.15) is 5.69 Å². The van der Waals surface area contributed by atoms with Crippen LogP contribution in [0.15, 0.2) is 36.5 Å². The molecule has 0 N–H and O–H groups in total. The molecule has 1 aromatic heterocycles. The van der Waals surface area contributed by atoms with E-state index in [1.165, 1.54) is 11.1 Å². The Labute approximate surface area is 172 Å². The molecule has 0 spiro atoms. The first kappa shape index (κ1) is 19.7. The van der Waals surface area contributed by atoms with Crippen LogP contribution in [0.5, 0.6) is 11.5 Å². The van der Waals surface area contributed by atoms with Crippen molar-refractivity contribution in [2.24, 2.45) is 11.8 Å². The number of hydrogen-bond acceptors (Lipinski definition) is 5. The molecular weight excluding hydrogens is 366 g/mol. The first-order chi connectivity index (χ1) is 14.0. The van der Waals surface area contributed by atoms with Crippen molar-refractivity contribution in [1.82, 2.24) is 14.8 Å². The van der Waals surface area contributed by atoms with Crippen LogP contribution >= 0.6 is 0 Å². The maximum atomic E-state index is 12.4. The van der Waals surface area contributed by atoms with Gasteiger partial charge in [-0.15, -0.1) is 0 Å². The molecule has 29 heavy (non-hydrogen) atoms. The molecule has 2 aliphatic heterocycles. The van der Waals surface area contributed by atoms with Gasteiger partial charge < -0.3 is 14.4 Å². The van der Waals surface area contributed by atoms with E-state index in [0.717, 1.165) is 25.3 Å². The lowest BCUT2D eigenvalue weighted by molar-refractivity contribution is -0.130. The zero-order chi connectivity index (χ0) is 20.5. The standard InChI is InChI=1S/C23H29N3O3/c1-15-7-5-6-8-18(15)22-19-13-25(11-17(19)12-26(22)16(2)27)14-20-23(29-4)21(28-3)9-10-24-20/h5-10,17,19,22H,11-14H2,1-4H3/t17-,19-,22-/m1/s1. The fraction of sp³-hybridized carbons (Fsp3) is 0.478. The molecule has 1 aromatic carbocycles. The molecule has 3 heterocycles. The van der Waals surface area contributed by atoms with Gasteiger partial charge in [0.2, 0.25) is 5.91 Å². The number of ether oxygens (including phenoxy) is 2. The Morgan fingerprint density at radius 3 is 2.62 bits per heavy atom. The summed E-state index contributed by atoms with van der Waals surface area (Å²) < 4.78 is 11.0. The van der Waals surface area contributed by atoms with E-state index in [1.807, 2.05) is 6.07 Å². The molecule has 0 unspecified atom stereocenters. The first-order valence-corrected chi connectivity index (χ1v) is 10.1. The van der Waals surface area contributed by atoms with E-state index in [-0.39, 0.29) is 11.9 Å². The number of pyridine rings is 1. The number of aromatic nitrogens is 1. The normalized spacial score (nSPS) is 23.9. The first-order valence-electron chi connectivity index (χ1n) is 10.1. The molecule has 154 valence electrons. The summed E-state index contributed by atoms with van der Waals surface area (Å²) in [7, 11) is 3.30. The highest BCUT2D eigenvalue weighted by atomic mass is 16.5. The van der Waals surface area contributed by atoms with Crippen molar-refractivity contribution in [1.29, 1.82) is 0 Å². The van der Waals surface area contributed by atoms with E-state index >= 15 is 0 Å². The minimum absolute atomic E-state index is 0.142. The predicted molar refractivity (Wildman–Crippen MR) is 111 cm³/mol. The number of fused-ring (bicyclic) bond motifs is 1. The van der Waals surface area contributed by atoms with Crippen LogP contribution in [0.1, 0.15) is 29.8 Å². The van der Waals surface area contributed by atoms with E-state index in [1.54, 1.807) is 27.3 Å². The quantitative estimate of drug-likeness (QED) is 0.779. The van der Waals surface area contributed by atoms with Crippen molar-refractivity contribution in [2.75, 3.05) is 33.9 Å². The van der Waals surface area contributed by atoms with Crippen LogP contribution in [0.25, 0.3) is 0 Å². The van der Waals surface area contributed by atoms with Gasteiger partial charge in [-0.1, -0.05) is 24.3 Å². The highest BCUT2D eigenvalue weighted by Crippen LogP contribution is 2.46. The average Bonchev–Trinajstić information content (AvgIpc) is 3.25. The number of aryl methyl sites for hydroxylation is 1. The zero-order valence-electron chi connectivity index (χ0n) is 17.6. The van der Waals surface area contributed by atoms with Crippen LogP contribution in [0.2, 0.25) is 0 Å². The highest BCUT2D eigenvalue weighted by molar-refractivity contribution is 5.74. The van der Waals surface area contributed by atoms with Crippen molar-refractivity contribution >= 4 is 5.91 Å². The number of methoxy groups -OCH3 is 2. The summed E-state index contributed by atoms with van der Waals surface area (Å²) in [5.74, 6) is 2.47. The second-order valence-electron chi connectivity index (χ2n) is 8.08. The Morgan fingerprint density at radius 1 is 1.14 bits per heavy atom. The number of carbonyl (C=O) groups is 1. The minimum Gasteiger partial charge on any atom is -0.493 e. The summed E-state index contributed by atoms with van der Waals surface area (Å²) in [6.45, 7) is 7.26. The minimum atomic E-state index is 0.142. The van der Waals surface area contributed by atoms with Crippen LogP contribution in [0.4, 0.5) is 0 Å². The van der Waals surface area contributed by atoms with Gasteiger partial charge in [0.25, 0.3) is 0 Å². The Morgan fingerprint density at radius 2 is 1.93 bits per heavy atom. The number of likely N-dealkylation sites (tertiary alicyclic amines) is 2.